The number of hydrogen-bond acceptors (Lipinski definition) is 0. The van der Waals surface area contributed by atoms with E-state index in [0.717, 1.165) is 11.8 Å². The lowest BCUT2D eigenvalue weighted by Gasteiger charge is -1.92. The summed E-state index contributed by atoms with van der Waals surface area (Å²) in [6.07, 6.45) is 8.30. The number of rotatable bonds is 1. The van der Waals surface area contributed by atoms with Gasteiger partial charge in [0.2, 0.25) is 0 Å². The lowest BCUT2D eigenvalue weighted by atomic mass is 10.1. The molecule has 0 saturated heterocycles. The highest BCUT2D eigenvalue weighted by molar-refractivity contribution is 5.17. The Balaban J connectivity index is 2.03. The minimum Gasteiger partial charge on any atom is -0.0822 e. The van der Waals surface area contributed by atoms with E-state index in [1.807, 2.05) is 0 Å². The third-order valence-electron chi connectivity index (χ3n) is 2.49. The zero-order chi connectivity index (χ0) is 6.27. The van der Waals surface area contributed by atoms with Gasteiger partial charge in [-0.3, -0.25) is 0 Å². The minimum absolute atomic E-state index is 0.889. The van der Waals surface area contributed by atoms with Gasteiger partial charge in [-0.15, -0.1) is 0 Å². The summed E-state index contributed by atoms with van der Waals surface area (Å²) in [6, 6.07) is 0. The first-order valence-electron chi connectivity index (χ1n) is 4.07. The van der Waals surface area contributed by atoms with Crippen molar-refractivity contribution in [2.45, 2.75) is 32.6 Å². The van der Waals surface area contributed by atoms with Crippen LogP contribution in [0.15, 0.2) is 11.6 Å². The highest BCUT2D eigenvalue weighted by Gasteiger charge is 2.28. The van der Waals surface area contributed by atoms with Gasteiger partial charge in [0, 0.05) is 0 Å². The maximum Gasteiger partial charge on any atom is -0.0203 e. The van der Waals surface area contributed by atoms with Gasteiger partial charge in [0.25, 0.3) is 0 Å². The van der Waals surface area contributed by atoms with Crippen molar-refractivity contribution in [1.29, 1.82) is 0 Å². The summed E-state index contributed by atoms with van der Waals surface area (Å²) in [4.78, 5) is 0. The molecule has 1 fully saturated rings. The maximum absolute atomic E-state index is 2.50. The molecule has 0 aromatic rings. The van der Waals surface area contributed by atoms with Crippen LogP contribution in [0.4, 0.5) is 0 Å². The Kier molecular flexibility index (Phi) is 1.14. The molecular weight excluding hydrogens is 108 g/mol. The Bertz CT molecular complexity index is 140. The van der Waals surface area contributed by atoms with Gasteiger partial charge < -0.3 is 0 Å². The molecule has 0 bridgehead atoms. The lowest BCUT2D eigenvalue weighted by Crippen LogP contribution is -1.77. The van der Waals surface area contributed by atoms with Crippen LogP contribution in [0.2, 0.25) is 0 Å². The average Bonchev–Trinajstić information content (AvgIpc) is 2.58. The molecule has 0 amide bonds. The van der Waals surface area contributed by atoms with Crippen molar-refractivity contribution in [3.8, 4) is 0 Å². The standard InChI is InChI=1S/C9H14/c1-7-2-3-9(6-7)8-4-5-8/h6-8H,2-5H2,1H3/t7-/m0/s1. The normalized spacial score (nSPS) is 34.8. The molecule has 0 N–H and O–H groups in total. The van der Waals surface area contributed by atoms with E-state index in [1.165, 1.54) is 25.7 Å². The topological polar surface area (TPSA) is 0 Å². The fourth-order valence-electron chi connectivity index (χ4n) is 1.72. The van der Waals surface area contributed by atoms with E-state index in [4.69, 9.17) is 0 Å². The van der Waals surface area contributed by atoms with Crippen molar-refractivity contribution in [1.82, 2.24) is 0 Å². The van der Waals surface area contributed by atoms with Crippen LogP contribution >= 0.6 is 0 Å². The predicted octanol–water partition coefficient (Wildman–Crippen LogP) is 2.75. The molecule has 0 heterocycles. The molecule has 0 radical (unpaired) electrons. The fourth-order valence-corrected chi connectivity index (χ4v) is 1.72. The third-order valence-corrected chi connectivity index (χ3v) is 2.49. The van der Waals surface area contributed by atoms with Crippen molar-refractivity contribution < 1.29 is 0 Å². The largest absolute Gasteiger partial charge is 0.0822 e. The van der Waals surface area contributed by atoms with Gasteiger partial charge in [-0.25, -0.2) is 0 Å². The lowest BCUT2D eigenvalue weighted by molar-refractivity contribution is 0.693. The van der Waals surface area contributed by atoms with Crippen LogP contribution in [0.1, 0.15) is 32.6 Å². The first kappa shape index (κ1) is 5.52. The van der Waals surface area contributed by atoms with Gasteiger partial charge in [0.1, 0.15) is 0 Å². The van der Waals surface area contributed by atoms with E-state index in [1.54, 1.807) is 5.57 Å². The van der Waals surface area contributed by atoms with Crippen molar-refractivity contribution in [2.75, 3.05) is 0 Å². The second-order valence-electron chi connectivity index (χ2n) is 3.53. The molecule has 0 heteroatoms. The predicted molar refractivity (Wildman–Crippen MR) is 39.2 cm³/mol. The molecule has 0 aromatic carbocycles. The Morgan fingerprint density at radius 3 is 2.56 bits per heavy atom. The fraction of sp³-hybridized carbons (Fsp3) is 0.778. The van der Waals surface area contributed by atoms with Gasteiger partial charge in [0.15, 0.2) is 0 Å². The van der Waals surface area contributed by atoms with Crippen molar-refractivity contribution in [2.24, 2.45) is 11.8 Å². The second-order valence-corrected chi connectivity index (χ2v) is 3.53. The summed E-state index contributed by atoms with van der Waals surface area (Å²) >= 11 is 0. The Morgan fingerprint density at radius 2 is 2.11 bits per heavy atom. The van der Waals surface area contributed by atoms with Crippen molar-refractivity contribution >= 4 is 0 Å². The molecule has 0 unspecified atom stereocenters. The molecule has 1 atom stereocenters. The van der Waals surface area contributed by atoms with E-state index in [0.29, 0.717) is 0 Å². The smallest absolute Gasteiger partial charge is 0.0203 e. The van der Waals surface area contributed by atoms with Crippen molar-refractivity contribution in [3.63, 3.8) is 0 Å². The maximum atomic E-state index is 2.50. The summed E-state index contributed by atoms with van der Waals surface area (Å²) in [5.74, 6) is 1.93. The molecule has 0 spiro atoms. The van der Waals surface area contributed by atoms with Crippen LogP contribution in [0.3, 0.4) is 0 Å². The van der Waals surface area contributed by atoms with Crippen LogP contribution in [-0.2, 0) is 0 Å². The van der Waals surface area contributed by atoms with Gasteiger partial charge in [-0.2, -0.15) is 0 Å². The first-order chi connectivity index (χ1) is 4.36. The Morgan fingerprint density at radius 1 is 1.33 bits per heavy atom. The van der Waals surface area contributed by atoms with Gasteiger partial charge >= 0.3 is 0 Å². The number of hydrogen-bond donors (Lipinski definition) is 0. The summed E-state index contributed by atoms with van der Waals surface area (Å²) < 4.78 is 0. The molecule has 9 heavy (non-hydrogen) atoms. The minimum atomic E-state index is 0.889. The molecule has 2 aliphatic carbocycles. The molecular formula is C9H14. The van der Waals surface area contributed by atoms with E-state index < -0.39 is 0 Å². The Hall–Kier alpha value is -0.260. The quantitative estimate of drug-likeness (QED) is 0.469. The monoisotopic (exact) mass is 122 g/mol. The van der Waals surface area contributed by atoms with Gasteiger partial charge in [-0.1, -0.05) is 18.6 Å². The zero-order valence-corrected chi connectivity index (χ0v) is 6.06. The Labute approximate surface area is 57.0 Å². The molecule has 0 nitrogen and oxygen atoms in total. The highest BCUT2D eigenvalue weighted by atomic mass is 14.3. The molecule has 2 rings (SSSR count). The molecule has 0 aliphatic heterocycles. The van der Waals surface area contributed by atoms with E-state index in [-0.39, 0.29) is 0 Å². The molecule has 1 saturated carbocycles. The average molecular weight is 122 g/mol. The molecule has 2 aliphatic rings. The molecule has 50 valence electrons. The third kappa shape index (κ3) is 1.03. The second kappa shape index (κ2) is 1.86. The summed E-state index contributed by atoms with van der Waals surface area (Å²) in [5.41, 5.74) is 1.78. The number of allylic oxidation sites excluding steroid dienone is 2. The molecule has 0 aromatic heterocycles. The van der Waals surface area contributed by atoms with Crippen LogP contribution in [0.5, 0.6) is 0 Å². The summed E-state index contributed by atoms with van der Waals surface area (Å²) in [7, 11) is 0. The van der Waals surface area contributed by atoms with Gasteiger partial charge in [-0.05, 0) is 37.5 Å². The van der Waals surface area contributed by atoms with Crippen LogP contribution < -0.4 is 0 Å². The first-order valence-corrected chi connectivity index (χ1v) is 4.07. The van der Waals surface area contributed by atoms with Crippen LogP contribution in [0, 0.1) is 11.8 Å². The highest BCUT2D eigenvalue weighted by Crippen LogP contribution is 2.42. The van der Waals surface area contributed by atoms with E-state index in [9.17, 15) is 0 Å². The summed E-state index contributed by atoms with van der Waals surface area (Å²) in [6.45, 7) is 2.33. The summed E-state index contributed by atoms with van der Waals surface area (Å²) in [5, 5.41) is 0. The van der Waals surface area contributed by atoms with Gasteiger partial charge in [0.05, 0.1) is 0 Å². The van der Waals surface area contributed by atoms with E-state index in [2.05, 4.69) is 13.0 Å². The van der Waals surface area contributed by atoms with Crippen LogP contribution in [0.25, 0.3) is 0 Å². The SMILES string of the molecule is C[C@@H]1C=C(C2CC2)CC1. The van der Waals surface area contributed by atoms with Crippen molar-refractivity contribution in [3.05, 3.63) is 11.6 Å². The van der Waals surface area contributed by atoms with E-state index >= 15 is 0 Å². The van der Waals surface area contributed by atoms with Crippen LogP contribution in [-0.4, -0.2) is 0 Å². The zero-order valence-electron chi connectivity index (χ0n) is 6.06.